The van der Waals surface area contributed by atoms with Crippen LogP contribution in [-0.2, 0) is 0 Å². The molecule has 9 heteroatoms. The van der Waals surface area contributed by atoms with Gasteiger partial charge in [-0.05, 0) is 45.3 Å². The van der Waals surface area contributed by atoms with Crippen molar-refractivity contribution in [2.75, 3.05) is 0 Å². The standard InChI is InChI=1S/3C12H27Si.3ClGe/c3*1-10(2,3)13(11(4,5)6)12(7,8)9;3*1-2/h3*1-9H3;;;. The molecule has 270 valence electrons. The van der Waals surface area contributed by atoms with E-state index in [4.69, 9.17) is 0 Å². The van der Waals surface area contributed by atoms with E-state index in [-0.39, 0.29) is 0 Å². The molecule has 0 aliphatic carbocycles. The molecule has 0 atom stereocenters. The van der Waals surface area contributed by atoms with E-state index in [1.807, 2.05) is 0 Å². The normalized spacial score (nSPS) is 13.6. The maximum absolute atomic E-state index is 4.64. The molecular weight excluding hydrogens is 841 g/mol. The third-order valence-corrected chi connectivity index (χ3v) is 20.2. The van der Waals surface area contributed by atoms with Crippen molar-refractivity contribution >= 4 is 103 Å². The van der Waals surface area contributed by atoms with Crippen LogP contribution in [0.4, 0.5) is 0 Å². The fraction of sp³-hybridized carbons (Fsp3) is 1.00. The molecular formula is C36H81Cl3Ge3Si3. The molecule has 0 aromatic carbocycles. The first-order valence-corrected chi connectivity index (χ1v) is 29.1. The summed E-state index contributed by atoms with van der Waals surface area (Å²) in [6.07, 6.45) is 0. The van der Waals surface area contributed by atoms with Gasteiger partial charge in [0.15, 0.2) is 0 Å². The quantitative estimate of drug-likeness (QED) is 0.212. The molecule has 0 unspecified atom stereocenters. The van der Waals surface area contributed by atoms with Gasteiger partial charge in [-0.25, -0.2) is 0 Å². The average molecular weight is 922 g/mol. The summed E-state index contributed by atoms with van der Waals surface area (Å²) >= 11 is 4.42. The predicted octanol–water partition coefficient (Wildman–Crippen LogP) is 15.6. The summed E-state index contributed by atoms with van der Waals surface area (Å²) in [6, 6.07) is 0. The minimum atomic E-state index is -0.391. The molecule has 0 rings (SSSR count). The van der Waals surface area contributed by atoms with E-state index in [9.17, 15) is 0 Å². The first kappa shape index (κ1) is 60.3. The van der Waals surface area contributed by atoms with Crippen LogP contribution in [0.25, 0.3) is 0 Å². The Balaban J connectivity index is -0.000000116. The van der Waals surface area contributed by atoms with E-state index in [2.05, 4.69) is 217 Å². The van der Waals surface area contributed by atoms with Crippen molar-refractivity contribution in [2.45, 2.75) is 232 Å². The van der Waals surface area contributed by atoms with Crippen LogP contribution in [0.3, 0.4) is 0 Å². The van der Waals surface area contributed by atoms with Crippen LogP contribution in [0.15, 0.2) is 0 Å². The Morgan fingerprint density at radius 2 is 0.244 bits per heavy atom. The molecule has 0 aliphatic heterocycles. The third-order valence-electron chi connectivity index (χ3n) is 6.75. The zero-order valence-corrected chi connectivity index (χ0v) is 47.2. The van der Waals surface area contributed by atoms with E-state index in [1.165, 1.54) is 46.8 Å². The van der Waals surface area contributed by atoms with Crippen molar-refractivity contribution in [2.24, 2.45) is 0 Å². The maximum atomic E-state index is 4.64. The number of rotatable bonds is 0. The summed E-state index contributed by atoms with van der Waals surface area (Å²) in [5.74, 6) is 0. The van der Waals surface area contributed by atoms with Gasteiger partial charge in [-0.3, -0.25) is 0 Å². The Bertz CT molecular complexity index is 515. The molecule has 0 aromatic rings. The molecule has 0 saturated carbocycles. The number of hydrogen-bond donors (Lipinski definition) is 0. The monoisotopic (exact) mass is 924 g/mol. The van der Waals surface area contributed by atoms with Crippen molar-refractivity contribution in [1.29, 1.82) is 0 Å². The summed E-state index contributed by atoms with van der Waals surface area (Å²) in [5, 5.41) is 4.39. The van der Waals surface area contributed by atoms with Gasteiger partial charge in [0.05, 0.1) is 26.4 Å². The zero-order valence-electron chi connectivity index (χ0n) is 35.6. The van der Waals surface area contributed by atoms with Gasteiger partial charge >= 0.3 is 76.8 Å². The summed E-state index contributed by atoms with van der Waals surface area (Å²) in [6.45, 7) is 64.8. The summed E-state index contributed by atoms with van der Waals surface area (Å²) in [5.41, 5.74) is 0. The topological polar surface area (TPSA) is 0 Å². The Morgan fingerprint density at radius 1 is 0.200 bits per heavy atom. The van der Waals surface area contributed by atoms with Crippen molar-refractivity contribution in [3.05, 3.63) is 0 Å². The average Bonchev–Trinajstić information content (AvgIpc) is 2.62. The van der Waals surface area contributed by atoms with E-state index in [1.54, 1.807) is 0 Å². The van der Waals surface area contributed by atoms with E-state index in [0.717, 1.165) is 0 Å². The fourth-order valence-corrected chi connectivity index (χ4v) is 30.4. The molecule has 0 aliphatic rings. The minimum absolute atomic E-state index is 0.391. The van der Waals surface area contributed by atoms with E-state index in [0.29, 0.717) is 45.3 Å². The second-order valence-electron chi connectivity index (χ2n) is 21.4. The summed E-state index contributed by atoms with van der Waals surface area (Å²) in [7, 11) is 12.7. The van der Waals surface area contributed by atoms with Gasteiger partial charge in [0.25, 0.3) is 0 Å². The summed E-state index contributed by atoms with van der Waals surface area (Å²) < 4.78 is 0. The Kier molecular flexibility index (Phi) is 30.7. The van der Waals surface area contributed by atoms with Crippen LogP contribution in [0, 0.1) is 0 Å². The first-order valence-electron chi connectivity index (χ1n) is 16.3. The third kappa shape index (κ3) is 29.4. The SMILES string of the molecule is CC(C)(C)[Si](C(C)(C)C)C(C)(C)C.CC(C)(C)[Si](C(C)(C)C)C(C)(C)C.CC(C)(C)[Si](C(C)(C)C)C(C)(C)C.[Cl][Ge].[Cl][Ge].[Cl][Ge]. The molecule has 0 amide bonds. The molecule has 45 heavy (non-hydrogen) atoms. The van der Waals surface area contributed by atoms with Crippen LogP contribution in [0.2, 0.25) is 45.3 Å². The van der Waals surface area contributed by atoms with Crippen molar-refractivity contribution < 1.29 is 0 Å². The van der Waals surface area contributed by atoms with Gasteiger partial charge in [-0.1, -0.05) is 187 Å². The van der Waals surface area contributed by atoms with Gasteiger partial charge in [0, 0.05) is 0 Å². The van der Waals surface area contributed by atoms with Crippen molar-refractivity contribution in [3.63, 3.8) is 0 Å². The van der Waals surface area contributed by atoms with Crippen molar-refractivity contribution in [3.8, 4) is 0 Å². The molecule has 0 nitrogen and oxygen atoms in total. The molecule has 0 bridgehead atoms. The number of halogens is 3. The zero-order chi connectivity index (χ0) is 39.2. The van der Waals surface area contributed by atoms with Crippen LogP contribution in [0.1, 0.15) is 187 Å². The Labute approximate surface area is 332 Å². The molecule has 0 fully saturated rings. The second-order valence-corrected chi connectivity index (χ2v) is 37.1. The predicted molar refractivity (Wildman–Crippen MR) is 230 cm³/mol. The van der Waals surface area contributed by atoms with Crippen LogP contribution in [-0.4, -0.2) is 73.1 Å². The Hall–Kier alpha value is 3.15. The van der Waals surface area contributed by atoms with Crippen LogP contribution in [0.5, 0.6) is 0 Å². The van der Waals surface area contributed by atoms with Crippen LogP contribution < -0.4 is 0 Å². The molecule has 0 saturated heterocycles. The molecule has 0 aromatic heterocycles. The van der Waals surface area contributed by atoms with Gasteiger partial charge in [-0.2, -0.15) is 0 Å². The van der Waals surface area contributed by atoms with Crippen LogP contribution >= 0.6 is 30.0 Å². The second kappa shape index (κ2) is 22.9. The molecule has 0 spiro atoms. The van der Waals surface area contributed by atoms with Gasteiger partial charge in [-0.15, -0.1) is 0 Å². The van der Waals surface area contributed by atoms with E-state index >= 15 is 0 Å². The van der Waals surface area contributed by atoms with Gasteiger partial charge in [0.1, 0.15) is 0 Å². The number of hydrogen-bond acceptors (Lipinski definition) is 0. The molecule has 0 heterocycles. The van der Waals surface area contributed by atoms with Crippen molar-refractivity contribution in [1.82, 2.24) is 0 Å². The first-order chi connectivity index (χ1) is 19.1. The van der Waals surface area contributed by atoms with E-state index < -0.39 is 26.4 Å². The summed E-state index contributed by atoms with van der Waals surface area (Å²) in [4.78, 5) is 0. The Morgan fingerprint density at radius 3 is 0.244 bits per heavy atom. The van der Waals surface area contributed by atoms with Gasteiger partial charge < -0.3 is 0 Å². The molecule has 12 radical (unpaired) electrons. The van der Waals surface area contributed by atoms with Gasteiger partial charge in [0.2, 0.25) is 0 Å². The molecule has 0 N–H and O–H groups in total. The fourth-order valence-electron chi connectivity index (χ4n) is 10.1.